The largest absolute Gasteiger partial charge is 0.396 e. The molecule has 1 aromatic carbocycles. The molecule has 6 nitrogen and oxygen atoms in total. The van der Waals surface area contributed by atoms with Gasteiger partial charge in [0.15, 0.2) is 0 Å². The van der Waals surface area contributed by atoms with Gasteiger partial charge in [0.05, 0.1) is 5.56 Å². The van der Waals surface area contributed by atoms with E-state index in [0.29, 0.717) is 44.3 Å². The number of aliphatic hydroxyl groups is 1. The van der Waals surface area contributed by atoms with E-state index in [1.165, 1.54) is 0 Å². The van der Waals surface area contributed by atoms with Gasteiger partial charge >= 0.3 is 5.97 Å². The Hall–Kier alpha value is -1.92. The zero-order chi connectivity index (χ0) is 15.3. The maximum Gasteiger partial charge on any atom is 0.356 e. The van der Waals surface area contributed by atoms with Gasteiger partial charge < -0.3 is 15.3 Å². The van der Waals surface area contributed by atoms with Crippen LogP contribution < -0.4 is 10.8 Å². The highest BCUT2D eigenvalue weighted by atomic mass is 16.7. The predicted octanol–water partition coefficient (Wildman–Crippen LogP) is 1.02. The minimum atomic E-state index is -0.427. The first kappa shape index (κ1) is 17.1. The Bertz CT molecular complexity index is 423. The van der Waals surface area contributed by atoms with E-state index in [-0.39, 0.29) is 12.5 Å². The van der Waals surface area contributed by atoms with Crippen molar-refractivity contribution in [1.29, 1.82) is 0 Å². The summed E-state index contributed by atoms with van der Waals surface area (Å²) in [6, 6.07) is 8.71. The summed E-state index contributed by atoms with van der Waals surface area (Å²) >= 11 is 0. The van der Waals surface area contributed by atoms with Gasteiger partial charge in [0.1, 0.15) is 0 Å². The quantitative estimate of drug-likeness (QED) is 0.443. The molecule has 0 aromatic heterocycles. The van der Waals surface area contributed by atoms with Crippen molar-refractivity contribution < 1.29 is 19.5 Å². The lowest BCUT2D eigenvalue weighted by Crippen LogP contribution is -2.28. The Balaban J connectivity index is 2.00. The number of carbonyl (C=O) groups excluding carboxylic acids is 2. The molecule has 0 aliphatic heterocycles. The second kappa shape index (κ2) is 10.8. The molecule has 1 amide bonds. The van der Waals surface area contributed by atoms with Gasteiger partial charge in [0, 0.05) is 26.1 Å². The van der Waals surface area contributed by atoms with Gasteiger partial charge in [0.25, 0.3) is 0 Å². The van der Waals surface area contributed by atoms with E-state index >= 15 is 0 Å². The molecule has 0 atom stereocenters. The second-order valence-electron chi connectivity index (χ2n) is 4.53. The Morgan fingerprint density at radius 3 is 2.52 bits per heavy atom. The molecule has 1 aromatic rings. The Labute approximate surface area is 124 Å². The van der Waals surface area contributed by atoms with E-state index in [9.17, 15) is 9.59 Å². The van der Waals surface area contributed by atoms with Crippen molar-refractivity contribution in [3.8, 4) is 0 Å². The van der Waals surface area contributed by atoms with Crippen LogP contribution in [0.3, 0.4) is 0 Å². The van der Waals surface area contributed by atoms with Crippen LogP contribution in [0.15, 0.2) is 30.3 Å². The maximum atomic E-state index is 11.6. The molecule has 0 spiro atoms. The number of carbonyl (C=O) groups is 2. The van der Waals surface area contributed by atoms with Crippen LogP contribution in [0.2, 0.25) is 0 Å². The summed E-state index contributed by atoms with van der Waals surface area (Å²) < 4.78 is 0. The molecule has 6 heteroatoms. The van der Waals surface area contributed by atoms with E-state index in [4.69, 9.17) is 9.94 Å². The van der Waals surface area contributed by atoms with Crippen molar-refractivity contribution in [2.75, 3.05) is 19.7 Å². The third-order valence-corrected chi connectivity index (χ3v) is 2.76. The SMILES string of the molecule is O=C(CCCCO)NCCCNOC(=O)c1ccccc1. The molecule has 116 valence electrons. The van der Waals surface area contributed by atoms with E-state index in [1.807, 2.05) is 6.07 Å². The zero-order valence-corrected chi connectivity index (χ0v) is 12.0. The van der Waals surface area contributed by atoms with Crippen LogP contribution in [0.1, 0.15) is 36.0 Å². The van der Waals surface area contributed by atoms with Gasteiger partial charge in [-0.05, 0) is 31.4 Å². The van der Waals surface area contributed by atoms with E-state index < -0.39 is 5.97 Å². The number of hydrogen-bond donors (Lipinski definition) is 3. The summed E-state index contributed by atoms with van der Waals surface area (Å²) in [5, 5.41) is 11.4. The van der Waals surface area contributed by atoms with Crippen LogP contribution in [-0.4, -0.2) is 36.7 Å². The fourth-order valence-electron chi connectivity index (χ4n) is 1.62. The predicted molar refractivity (Wildman–Crippen MR) is 78.4 cm³/mol. The number of aliphatic hydroxyl groups excluding tert-OH is 1. The number of nitrogens with one attached hydrogen (secondary N) is 2. The number of hydrogen-bond acceptors (Lipinski definition) is 5. The van der Waals surface area contributed by atoms with Crippen LogP contribution in [0.5, 0.6) is 0 Å². The fraction of sp³-hybridized carbons (Fsp3) is 0.467. The number of unbranched alkanes of at least 4 members (excludes halogenated alkanes) is 1. The number of hydroxylamine groups is 1. The average Bonchev–Trinajstić information content (AvgIpc) is 2.51. The van der Waals surface area contributed by atoms with Gasteiger partial charge in [0.2, 0.25) is 5.91 Å². The lowest BCUT2D eigenvalue weighted by Gasteiger charge is -2.07. The highest BCUT2D eigenvalue weighted by molar-refractivity contribution is 5.89. The zero-order valence-electron chi connectivity index (χ0n) is 12.0. The van der Waals surface area contributed by atoms with Gasteiger partial charge in [-0.3, -0.25) is 4.79 Å². The molecule has 0 saturated carbocycles. The van der Waals surface area contributed by atoms with E-state index in [0.717, 1.165) is 0 Å². The smallest absolute Gasteiger partial charge is 0.356 e. The summed E-state index contributed by atoms with van der Waals surface area (Å²) in [6.07, 6.45) is 2.42. The Morgan fingerprint density at radius 2 is 1.81 bits per heavy atom. The van der Waals surface area contributed by atoms with Crippen molar-refractivity contribution in [2.45, 2.75) is 25.7 Å². The molecule has 1 rings (SSSR count). The summed E-state index contributed by atoms with van der Waals surface area (Å²) in [5.74, 6) is -0.451. The van der Waals surface area contributed by atoms with Crippen LogP contribution >= 0.6 is 0 Å². The molecule has 0 radical (unpaired) electrons. The molecule has 0 fully saturated rings. The first-order valence-electron chi connectivity index (χ1n) is 7.10. The molecule has 3 N–H and O–H groups in total. The van der Waals surface area contributed by atoms with Gasteiger partial charge in [-0.25, -0.2) is 4.79 Å². The molecule has 0 bridgehead atoms. The van der Waals surface area contributed by atoms with E-state index in [2.05, 4.69) is 10.8 Å². The van der Waals surface area contributed by atoms with Crippen LogP contribution in [0.25, 0.3) is 0 Å². The Morgan fingerprint density at radius 1 is 1.05 bits per heavy atom. The van der Waals surface area contributed by atoms with Gasteiger partial charge in [-0.15, -0.1) is 0 Å². The van der Waals surface area contributed by atoms with Crippen molar-refractivity contribution in [3.05, 3.63) is 35.9 Å². The molecular weight excluding hydrogens is 272 g/mol. The third-order valence-electron chi connectivity index (χ3n) is 2.76. The summed E-state index contributed by atoms with van der Waals surface area (Å²) in [6.45, 7) is 1.10. The molecule has 0 aliphatic carbocycles. The first-order valence-corrected chi connectivity index (χ1v) is 7.10. The highest BCUT2D eigenvalue weighted by Gasteiger charge is 2.05. The number of rotatable bonds is 10. The average molecular weight is 294 g/mol. The van der Waals surface area contributed by atoms with Crippen molar-refractivity contribution in [1.82, 2.24) is 10.8 Å². The molecule has 0 saturated heterocycles. The van der Waals surface area contributed by atoms with Gasteiger partial charge in [-0.2, -0.15) is 5.48 Å². The van der Waals surface area contributed by atoms with Crippen LogP contribution in [0, 0.1) is 0 Å². The standard InChI is InChI=1S/C15H22N2O4/c18-12-5-4-9-14(19)16-10-6-11-17-21-15(20)13-7-2-1-3-8-13/h1-3,7-8,17-18H,4-6,9-12H2,(H,16,19). The lowest BCUT2D eigenvalue weighted by molar-refractivity contribution is -0.121. The monoisotopic (exact) mass is 294 g/mol. The molecule has 0 unspecified atom stereocenters. The van der Waals surface area contributed by atoms with Crippen molar-refractivity contribution >= 4 is 11.9 Å². The summed E-state index contributed by atoms with van der Waals surface area (Å²) in [7, 11) is 0. The normalized spacial score (nSPS) is 10.1. The minimum Gasteiger partial charge on any atom is -0.396 e. The van der Waals surface area contributed by atoms with Crippen molar-refractivity contribution in [3.63, 3.8) is 0 Å². The second-order valence-corrected chi connectivity index (χ2v) is 4.53. The fourth-order valence-corrected chi connectivity index (χ4v) is 1.62. The number of amides is 1. The third kappa shape index (κ3) is 8.06. The minimum absolute atomic E-state index is 0.0234. The maximum absolute atomic E-state index is 11.6. The topological polar surface area (TPSA) is 87.7 Å². The summed E-state index contributed by atoms with van der Waals surface area (Å²) in [5.41, 5.74) is 3.06. The van der Waals surface area contributed by atoms with Crippen LogP contribution in [0.4, 0.5) is 0 Å². The summed E-state index contributed by atoms with van der Waals surface area (Å²) in [4.78, 5) is 27.8. The Kier molecular flexibility index (Phi) is 8.83. The highest BCUT2D eigenvalue weighted by Crippen LogP contribution is 1.99. The lowest BCUT2D eigenvalue weighted by atomic mass is 10.2. The molecule has 0 heterocycles. The molecular formula is C15H22N2O4. The first-order chi connectivity index (χ1) is 10.2. The van der Waals surface area contributed by atoms with Crippen LogP contribution in [-0.2, 0) is 9.63 Å². The van der Waals surface area contributed by atoms with Crippen molar-refractivity contribution in [2.24, 2.45) is 0 Å². The van der Waals surface area contributed by atoms with Gasteiger partial charge in [-0.1, -0.05) is 18.2 Å². The van der Waals surface area contributed by atoms with E-state index in [1.54, 1.807) is 24.3 Å². The molecule has 0 aliphatic rings. The molecule has 21 heavy (non-hydrogen) atoms. The number of benzene rings is 1.